The number of morpholine rings is 1. The van der Waals surface area contributed by atoms with Crippen LogP contribution in [0.3, 0.4) is 0 Å². The molecule has 1 fully saturated rings. The molecule has 1 aliphatic rings. The monoisotopic (exact) mass is 432 g/mol. The molecule has 1 aliphatic heterocycles. The van der Waals surface area contributed by atoms with Crippen molar-refractivity contribution in [2.24, 2.45) is 0 Å². The summed E-state index contributed by atoms with van der Waals surface area (Å²) in [5.41, 5.74) is 2.01. The van der Waals surface area contributed by atoms with Gasteiger partial charge in [-0.05, 0) is 55.6 Å². The molecule has 3 rings (SSSR count). The molecule has 0 bridgehead atoms. The van der Waals surface area contributed by atoms with Gasteiger partial charge in [-0.15, -0.1) is 0 Å². The van der Waals surface area contributed by atoms with Crippen LogP contribution in [0, 0.1) is 6.92 Å². The van der Waals surface area contributed by atoms with Gasteiger partial charge in [-0.2, -0.15) is 0 Å². The van der Waals surface area contributed by atoms with Crippen molar-refractivity contribution in [2.75, 3.05) is 39.4 Å². The third-order valence-electron chi connectivity index (χ3n) is 5.18. The van der Waals surface area contributed by atoms with Crippen LogP contribution < -0.4 is 9.46 Å². The largest absolute Gasteiger partial charge is 0.493 e. The Hall–Kier alpha value is -1.93. The summed E-state index contributed by atoms with van der Waals surface area (Å²) in [6.07, 6.45) is 1.74. The van der Waals surface area contributed by atoms with Crippen LogP contribution in [0.1, 0.15) is 37.0 Å². The van der Waals surface area contributed by atoms with Crippen molar-refractivity contribution < 1.29 is 17.9 Å². The first-order chi connectivity index (χ1) is 14.5. The zero-order valence-corrected chi connectivity index (χ0v) is 18.7. The van der Waals surface area contributed by atoms with Crippen molar-refractivity contribution in [3.05, 3.63) is 59.7 Å². The molecule has 0 radical (unpaired) electrons. The van der Waals surface area contributed by atoms with Crippen molar-refractivity contribution >= 4 is 10.0 Å². The number of ether oxygens (including phenoxy) is 2. The number of nitrogens with one attached hydrogen (secondary N) is 1. The van der Waals surface area contributed by atoms with E-state index >= 15 is 0 Å². The Morgan fingerprint density at radius 3 is 2.73 bits per heavy atom. The molecule has 2 aromatic rings. The van der Waals surface area contributed by atoms with Crippen LogP contribution in [0.15, 0.2) is 53.4 Å². The first-order valence-corrected chi connectivity index (χ1v) is 12.1. The molecule has 1 N–H and O–H groups in total. The summed E-state index contributed by atoms with van der Waals surface area (Å²) in [7, 11) is -3.53. The second-order valence-corrected chi connectivity index (χ2v) is 9.36. The van der Waals surface area contributed by atoms with E-state index in [2.05, 4.69) is 21.8 Å². The maximum atomic E-state index is 12.6. The molecule has 0 spiro atoms. The maximum absolute atomic E-state index is 12.6. The standard InChI is InChI=1S/C23H32N2O4S/c1-3-15-28-22-11-10-21(17-19(22)2)30(26,27)24-12-7-13-25-14-16-29-23(18-25)20-8-5-4-6-9-20/h4-6,8-11,17,23-24H,3,7,12-16,18H2,1-2H3/t23-/m1/s1. The summed E-state index contributed by atoms with van der Waals surface area (Å²) >= 11 is 0. The van der Waals surface area contributed by atoms with Gasteiger partial charge in [0, 0.05) is 19.6 Å². The van der Waals surface area contributed by atoms with E-state index in [-0.39, 0.29) is 11.0 Å². The first kappa shape index (κ1) is 22.7. The van der Waals surface area contributed by atoms with E-state index in [9.17, 15) is 8.42 Å². The van der Waals surface area contributed by atoms with Gasteiger partial charge >= 0.3 is 0 Å². The van der Waals surface area contributed by atoms with Crippen molar-refractivity contribution in [2.45, 2.75) is 37.7 Å². The quantitative estimate of drug-likeness (QED) is 0.582. The number of nitrogens with zero attached hydrogens (tertiary/aromatic N) is 1. The zero-order valence-electron chi connectivity index (χ0n) is 17.8. The number of sulfonamides is 1. The third kappa shape index (κ3) is 6.28. The van der Waals surface area contributed by atoms with E-state index in [0.29, 0.717) is 19.8 Å². The summed E-state index contributed by atoms with van der Waals surface area (Å²) in [6.45, 7) is 8.15. The second kappa shape index (κ2) is 10.9. The first-order valence-electron chi connectivity index (χ1n) is 10.6. The highest BCUT2D eigenvalue weighted by Gasteiger charge is 2.21. The highest BCUT2D eigenvalue weighted by Crippen LogP contribution is 2.23. The average Bonchev–Trinajstić information content (AvgIpc) is 2.77. The second-order valence-electron chi connectivity index (χ2n) is 7.60. The molecule has 0 amide bonds. The number of hydrogen-bond donors (Lipinski definition) is 1. The number of rotatable bonds is 10. The normalized spacial score (nSPS) is 17.7. The van der Waals surface area contributed by atoms with Gasteiger partial charge in [-0.3, -0.25) is 4.90 Å². The molecule has 6 nitrogen and oxygen atoms in total. The van der Waals surface area contributed by atoms with Crippen molar-refractivity contribution in [3.63, 3.8) is 0 Å². The summed E-state index contributed by atoms with van der Waals surface area (Å²) in [5, 5.41) is 0. The van der Waals surface area contributed by atoms with Gasteiger partial charge in [0.05, 0.1) is 24.2 Å². The summed E-state index contributed by atoms with van der Waals surface area (Å²) < 4.78 is 39.5. The van der Waals surface area contributed by atoms with Gasteiger partial charge in [-0.25, -0.2) is 13.1 Å². The Kier molecular flexibility index (Phi) is 8.27. The lowest BCUT2D eigenvalue weighted by molar-refractivity contribution is -0.0300. The van der Waals surface area contributed by atoms with Crippen LogP contribution in [-0.4, -0.2) is 52.7 Å². The fourth-order valence-corrected chi connectivity index (χ4v) is 4.69. The van der Waals surface area contributed by atoms with Gasteiger partial charge < -0.3 is 9.47 Å². The van der Waals surface area contributed by atoms with Crippen LogP contribution in [0.25, 0.3) is 0 Å². The molecule has 0 saturated carbocycles. The lowest BCUT2D eigenvalue weighted by Gasteiger charge is -2.33. The topological polar surface area (TPSA) is 67.9 Å². The van der Waals surface area contributed by atoms with Gasteiger partial charge in [0.15, 0.2) is 0 Å². The molecule has 7 heteroatoms. The van der Waals surface area contributed by atoms with Gasteiger partial charge in [0.2, 0.25) is 10.0 Å². The molecule has 164 valence electrons. The Morgan fingerprint density at radius 1 is 1.20 bits per heavy atom. The minimum atomic E-state index is -3.53. The fraction of sp³-hybridized carbons (Fsp3) is 0.478. The predicted octanol–water partition coefficient (Wildman–Crippen LogP) is 3.53. The predicted molar refractivity (Wildman–Crippen MR) is 118 cm³/mol. The number of benzene rings is 2. The highest BCUT2D eigenvalue weighted by molar-refractivity contribution is 7.89. The third-order valence-corrected chi connectivity index (χ3v) is 6.64. The summed E-state index contributed by atoms with van der Waals surface area (Å²) in [5.74, 6) is 0.732. The fourth-order valence-electron chi connectivity index (χ4n) is 3.53. The molecular weight excluding hydrogens is 400 g/mol. The van der Waals surface area contributed by atoms with Crippen LogP contribution in [0.2, 0.25) is 0 Å². The molecule has 0 aromatic heterocycles. The number of aryl methyl sites for hydroxylation is 1. The Balaban J connectivity index is 1.47. The van der Waals surface area contributed by atoms with Crippen LogP contribution >= 0.6 is 0 Å². The highest BCUT2D eigenvalue weighted by atomic mass is 32.2. The van der Waals surface area contributed by atoms with E-state index in [1.807, 2.05) is 32.0 Å². The Morgan fingerprint density at radius 2 is 2.00 bits per heavy atom. The van der Waals surface area contributed by atoms with E-state index in [1.54, 1.807) is 18.2 Å². The summed E-state index contributed by atoms with van der Waals surface area (Å²) in [4.78, 5) is 2.61. The minimum Gasteiger partial charge on any atom is -0.493 e. The van der Waals surface area contributed by atoms with E-state index < -0.39 is 10.0 Å². The van der Waals surface area contributed by atoms with Crippen LogP contribution in [0.5, 0.6) is 5.75 Å². The van der Waals surface area contributed by atoms with Crippen molar-refractivity contribution in [1.29, 1.82) is 0 Å². The minimum absolute atomic E-state index is 0.0769. The van der Waals surface area contributed by atoms with E-state index in [0.717, 1.165) is 43.8 Å². The van der Waals surface area contributed by atoms with Gasteiger partial charge in [0.1, 0.15) is 5.75 Å². The van der Waals surface area contributed by atoms with Crippen LogP contribution in [-0.2, 0) is 14.8 Å². The van der Waals surface area contributed by atoms with Gasteiger partial charge in [0.25, 0.3) is 0 Å². The molecule has 1 saturated heterocycles. The summed E-state index contributed by atoms with van der Waals surface area (Å²) in [6, 6.07) is 15.2. The molecule has 0 aliphatic carbocycles. The van der Waals surface area contributed by atoms with Gasteiger partial charge in [-0.1, -0.05) is 37.3 Å². The van der Waals surface area contributed by atoms with E-state index in [1.165, 1.54) is 5.56 Å². The SMILES string of the molecule is CCCOc1ccc(S(=O)(=O)NCCCN2CCO[C@@H](c3ccccc3)C2)cc1C. The molecule has 30 heavy (non-hydrogen) atoms. The maximum Gasteiger partial charge on any atom is 0.240 e. The number of hydrogen-bond acceptors (Lipinski definition) is 5. The Bertz CT molecular complexity index is 903. The average molecular weight is 433 g/mol. The van der Waals surface area contributed by atoms with E-state index in [4.69, 9.17) is 9.47 Å². The van der Waals surface area contributed by atoms with Crippen LogP contribution in [0.4, 0.5) is 0 Å². The zero-order chi connectivity index (χ0) is 21.4. The van der Waals surface area contributed by atoms with Crippen molar-refractivity contribution in [1.82, 2.24) is 9.62 Å². The Labute approximate surface area is 180 Å². The molecule has 1 heterocycles. The molecular formula is C23H32N2O4S. The smallest absolute Gasteiger partial charge is 0.240 e. The lowest BCUT2D eigenvalue weighted by atomic mass is 10.1. The van der Waals surface area contributed by atoms with Crippen molar-refractivity contribution in [3.8, 4) is 5.75 Å². The lowest BCUT2D eigenvalue weighted by Crippen LogP contribution is -2.39. The molecule has 1 atom stereocenters. The molecule has 2 aromatic carbocycles. The molecule has 0 unspecified atom stereocenters.